The summed E-state index contributed by atoms with van der Waals surface area (Å²) in [7, 11) is 0. The molecule has 0 saturated carbocycles. The fraction of sp³-hybridized carbons (Fsp3) is 0.167. The van der Waals surface area contributed by atoms with Crippen LogP contribution in [0.15, 0.2) is 57.8 Å². The molecule has 4 aromatic rings. The third-order valence-corrected chi connectivity index (χ3v) is 6.42. The van der Waals surface area contributed by atoms with Gasteiger partial charge in [0.1, 0.15) is 17.1 Å². The summed E-state index contributed by atoms with van der Waals surface area (Å²) in [6.07, 6.45) is 2.06. The first-order chi connectivity index (χ1) is 13.5. The van der Waals surface area contributed by atoms with Crippen molar-refractivity contribution in [1.29, 1.82) is 0 Å². The quantitative estimate of drug-likeness (QED) is 0.318. The van der Waals surface area contributed by atoms with E-state index in [0.717, 1.165) is 27.8 Å². The van der Waals surface area contributed by atoms with Gasteiger partial charge in [-0.25, -0.2) is 0 Å². The maximum atomic E-state index is 13.1. The zero-order chi connectivity index (χ0) is 19.6. The highest BCUT2D eigenvalue weighted by Crippen LogP contribution is 2.44. The molecule has 2 aromatic heterocycles. The Bertz CT molecular complexity index is 1180. The number of hydrogen-bond acceptors (Lipinski definition) is 4. The Kier molecular flexibility index (Phi) is 3.75. The van der Waals surface area contributed by atoms with E-state index in [0.29, 0.717) is 22.3 Å². The smallest absolute Gasteiger partial charge is 0.182 e. The van der Waals surface area contributed by atoms with Crippen molar-refractivity contribution in [1.82, 2.24) is 0 Å². The summed E-state index contributed by atoms with van der Waals surface area (Å²) in [4.78, 5) is 27.4. The largest absolute Gasteiger partial charge is 0.456 e. The van der Waals surface area contributed by atoms with Crippen LogP contribution < -0.4 is 0 Å². The maximum absolute atomic E-state index is 13.1. The standard InChI is InChI=1S/C24H18O3S/c1-12-10-15(14-4-6-16(28-3)7-5-14)11-13(2)19(12)22-23(25)20-17-8-9-18(27-17)21(20)24(22)26/h4-11,22H,1-3H3. The number of hydrogen-bond donors (Lipinski definition) is 0. The van der Waals surface area contributed by atoms with E-state index in [2.05, 4.69) is 42.7 Å². The van der Waals surface area contributed by atoms with Crippen LogP contribution in [0.2, 0.25) is 0 Å². The van der Waals surface area contributed by atoms with Crippen molar-refractivity contribution in [2.75, 3.05) is 6.26 Å². The Labute approximate surface area is 167 Å². The zero-order valence-electron chi connectivity index (χ0n) is 15.8. The fourth-order valence-corrected chi connectivity index (χ4v) is 4.80. The molecule has 1 aliphatic carbocycles. The molecule has 0 atom stereocenters. The summed E-state index contributed by atoms with van der Waals surface area (Å²) in [5, 5.41) is 0. The van der Waals surface area contributed by atoms with Crippen LogP contribution in [0.4, 0.5) is 0 Å². The average molecular weight is 386 g/mol. The molecule has 0 unspecified atom stereocenters. The number of rotatable bonds is 3. The van der Waals surface area contributed by atoms with Crippen LogP contribution in [0.5, 0.6) is 0 Å². The number of carbonyl (C=O) groups excluding carboxylic acids is 2. The molecular formula is C24H18O3S. The van der Waals surface area contributed by atoms with Gasteiger partial charge in [0, 0.05) is 4.90 Å². The summed E-state index contributed by atoms with van der Waals surface area (Å²) in [5.74, 6) is -1.04. The topological polar surface area (TPSA) is 47.3 Å². The third kappa shape index (κ3) is 2.31. The Hall–Kier alpha value is -2.85. The van der Waals surface area contributed by atoms with Crippen LogP contribution in [0.25, 0.3) is 22.3 Å². The predicted octanol–water partition coefficient (Wildman–Crippen LogP) is 6.04. The van der Waals surface area contributed by atoms with E-state index >= 15 is 0 Å². The molecule has 0 N–H and O–H groups in total. The number of fused-ring (bicyclic) bond motifs is 5. The minimum atomic E-state index is -0.758. The van der Waals surface area contributed by atoms with Crippen LogP contribution in [-0.4, -0.2) is 17.8 Å². The van der Waals surface area contributed by atoms with Crippen LogP contribution in [0.3, 0.4) is 0 Å². The van der Waals surface area contributed by atoms with Gasteiger partial charge in [-0.15, -0.1) is 11.8 Å². The van der Waals surface area contributed by atoms with Crippen molar-refractivity contribution in [2.24, 2.45) is 0 Å². The maximum Gasteiger partial charge on any atom is 0.182 e. The Morgan fingerprint density at radius 3 is 1.82 bits per heavy atom. The molecule has 2 bridgehead atoms. The van der Waals surface area contributed by atoms with Crippen molar-refractivity contribution in [3.63, 3.8) is 0 Å². The van der Waals surface area contributed by atoms with Crippen LogP contribution in [-0.2, 0) is 0 Å². The SMILES string of the molecule is CSc1ccc(-c2cc(C)c(C3C(=O)c4c(c5ccc4o5)C3=O)c(C)c2)cc1. The van der Waals surface area contributed by atoms with Crippen LogP contribution >= 0.6 is 11.8 Å². The highest BCUT2D eigenvalue weighted by Gasteiger charge is 2.45. The first kappa shape index (κ1) is 17.3. The predicted molar refractivity (Wildman–Crippen MR) is 112 cm³/mol. The van der Waals surface area contributed by atoms with Crippen LogP contribution in [0.1, 0.15) is 43.3 Å². The van der Waals surface area contributed by atoms with Gasteiger partial charge >= 0.3 is 0 Å². The molecule has 0 aliphatic heterocycles. The van der Waals surface area contributed by atoms with Crippen LogP contribution in [0, 0.1) is 13.8 Å². The molecule has 2 heterocycles. The second kappa shape index (κ2) is 6.08. The number of carbonyl (C=O) groups is 2. The molecule has 0 fully saturated rings. The molecule has 138 valence electrons. The van der Waals surface area contributed by atoms with E-state index in [1.807, 2.05) is 13.8 Å². The molecule has 3 nitrogen and oxygen atoms in total. The molecule has 0 amide bonds. The number of ketones is 2. The summed E-state index contributed by atoms with van der Waals surface area (Å²) >= 11 is 1.71. The Balaban J connectivity index is 1.59. The molecule has 5 rings (SSSR count). The van der Waals surface area contributed by atoms with Crippen molar-refractivity contribution >= 4 is 34.5 Å². The van der Waals surface area contributed by atoms with Gasteiger partial charge in [0.2, 0.25) is 0 Å². The van der Waals surface area contributed by atoms with E-state index in [9.17, 15) is 9.59 Å². The lowest BCUT2D eigenvalue weighted by Gasteiger charge is -2.17. The number of furan rings is 2. The van der Waals surface area contributed by atoms with E-state index in [1.54, 1.807) is 23.9 Å². The number of aryl methyl sites for hydroxylation is 2. The van der Waals surface area contributed by atoms with E-state index < -0.39 is 5.92 Å². The summed E-state index contributed by atoms with van der Waals surface area (Å²) < 4.78 is 5.53. The van der Waals surface area contributed by atoms with Crippen molar-refractivity contribution in [2.45, 2.75) is 24.7 Å². The van der Waals surface area contributed by atoms with Gasteiger partial charge in [-0.1, -0.05) is 24.3 Å². The lowest BCUT2D eigenvalue weighted by molar-refractivity contribution is 0.0889. The monoisotopic (exact) mass is 386 g/mol. The summed E-state index contributed by atoms with van der Waals surface area (Å²) in [6, 6.07) is 16.1. The Morgan fingerprint density at radius 1 is 0.786 bits per heavy atom. The lowest BCUT2D eigenvalue weighted by Crippen LogP contribution is -2.16. The molecule has 1 aliphatic rings. The number of benzene rings is 3. The van der Waals surface area contributed by atoms with Crippen molar-refractivity contribution < 1.29 is 14.0 Å². The second-order valence-electron chi connectivity index (χ2n) is 7.33. The minimum absolute atomic E-state index is 0.141. The van der Waals surface area contributed by atoms with Gasteiger partial charge in [-0.2, -0.15) is 0 Å². The first-order valence-corrected chi connectivity index (χ1v) is 10.4. The van der Waals surface area contributed by atoms with Crippen molar-refractivity contribution in [3.05, 3.63) is 76.3 Å². The molecule has 4 heteroatoms. The minimum Gasteiger partial charge on any atom is -0.456 e. The molecule has 0 spiro atoms. The molecular weight excluding hydrogens is 368 g/mol. The highest BCUT2D eigenvalue weighted by atomic mass is 32.2. The first-order valence-electron chi connectivity index (χ1n) is 9.18. The second-order valence-corrected chi connectivity index (χ2v) is 8.21. The van der Waals surface area contributed by atoms with Gasteiger partial charge in [-0.05, 0) is 72.2 Å². The van der Waals surface area contributed by atoms with Gasteiger partial charge < -0.3 is 4.42 Å². The highest BCUT2D eigenvalue weighted by molar-refractivity contribution is 7.98. The molecule has 28 heavy (non-hydrogen) atoms. The van der Waals surface area contributed by atoms with Gasteiger partial charge in [0.05, 0.1) is 11.1 Å². The Morgan fingerprint density at radius 2 is 1.32 bits per heavy atom. The molecule has 0 saturated heterocycles. The van der Waals surface area contributed by atoms with E-state index in [4.69, 9.17) is 4.42 Å². The van der Waals surface area contributed by atoms with Gasteiger partial charge in [-0.3, -0.25) is 9.59 Å². The average Bonchev–Trinajstić information content (AvgIpc) is 3.37. The fourth-order valence-electron chi connectivity index (χ4n) is 4.39. The molecule has 2 aromatic carbocycles. The summed E-state index contributed by atoms with van der Waals surface area (Å²) in [6.45, 7) is 3.96. The summed E-state index contributed by atoms with van der Waals surface area (Å²) in [5.41, 5.74) is 6.94. The lowest BCUT2D eigenvalue weighted by atomic mass is 9.85. The van der Waals surface area contributed by atoms with Gasteiger partial charge in [0.15, 0.2) is 11.6 Å². The number of Topliss-reactive ketones (excluding diaryl/α,β-unsaturated/α-hetero) is 2. The molecule has 0 radical (unpaired) electrons. The van der Waals surface area contributed by atoms with E-state index in [-0.39, 0.29) is 11.6 Å². The number of thioether (sulfide) groups is 1. The van der Waals surface area contributed by atoms with Crippen molar-refractivity contribution in [3.8, 4) is 11.1 Å². The van der Waals surface area contributed by atoms with Gasteiger partial charge in [0.25, 0.3) is 0 Å². The normalized spacial score (nSPS) is 14.4. The van der Waals surface area contributed by atoms with E-state index in [1.165, 1.54) is 4.90 Å². The third-order valence-electron chi connectivity index (χ3n) is 5.67. The zero-order valence-corrected chi connectivity index (χ0v) is 16.6.